The van der Waals surface area contributed by atoms with Gasteiger partial charge in [0.2, 0.25) is 0 Å². The molecule has 0 radical (unpaired) electrons. The smallest absolute Gasteiger partial charge is 0.191 e. The second kappa shape index (κ2) is 11.0. The Morgan fingerprint density at radius 1 is 1.25 bits per heavy atom. The second-order valence-corrected chi connectivity index (χ2v) is 7.26. The highest BCUT2D eigenvalue weighted by Gasteiger charge is 2.20. The van der Waals surface area contributed by atoms with Crippen molar-refractivity contribution in [3.8, 4) is 11.5 Å². The molecule has 1 aromatic rings. The minimum absolute atomic E-state index is 0.292. The lowest BCUT2D eigenvalue weighted by Crippen LogP contribution is -2.37. The molecule has 2 N–H and O–H groups in total. The van der Waals surface area contributed by atoms with E-state index < -0.39 is 0 Å². The van der Waals surface area contributed by atoms with Gasteiger partial charge in [0, 0.05) is 25.7 Å². The summed E-state index contributed by atoms with van der Waals surface area (Å²) in [5.74, 6) is 2.44. The average molecular weight is 388 g/mol. The largest absolute Gasteiger partial charge is 0.493 e. The van der Waals surface area contributed by atoms with E-state index in [2.05, 4.69) is 27.8 Å². The van der Waals surface area contributed by atoms with Gasteiger partial charge in [-0.3, -0.25) is 4.99 Å². The van der Waals surface area contributed by atoms with Crippen molar-refractivity contribution in [2.24, 2.45) is 4.99 Å². The van der Waals surface area contributed by atoms with Crippen LogP contribution < -0.4 is 20.1 Å². The maximum atomic E-state index is 6.31. The number of guanidine groups is 1. The third kappa shape index (κ3) is 5.89. The standard InChI is InChI=1S/C22H33N3O3/c1-23-22(24-13-10-17-11-14-27-15-12-17)25-16-18-6-5-9-20(26-2)21(18)28-19-7-3-4-8-19/h5-6,9,11,19H,3-4,7-8,10,12-16H2,1-2H3,(H2,23,24,25). The van der Waals surface area contributed by atoms with E-state index in [0.29, 0.717) is 12.6 Å². The summed E-state index contributed by atoms with van der Waals surface area (Å²) >= 11 is 0. The minimum Gasteiger partial charge on any atom is -0.493 e. The molecule has 3 rings (SSSR count). The first-order valence-electron chi connectivity index (χ1n) is 10.3. The zero-order chi connectivity index (χ0) is 19.6. The normalized spacial score (nSPS) is 17.9. The molecule has 28 heavy (non-hydrogen) atoms. The van der Waals surface area contributed by atoms with E-state index in [1.165, 1.54) is 18.4 Å². The minimum atomic E-state index is 0.292. The van der Waals surface area contributed by atoms with Gasteiger partial charge in [0.15, 0.2) is 17.5 Å². The lowest BCUT2D eigenvalue weighted by molar-refractivity contribution is 0.153. The van der Waals surface area contributed by atoms with Gasteiger partial charge in [-0.2, -0.15) is 0 Å². The summed E-state index contributed by atoms with van der Waals surface area (Å²) in [5, 5.41) is 6.79. The van der Waals surface area contributed by atoms with Gasteiger partial charge in [-0.15, -0.1) is 0 Å². The molecule has 1 aromatic carbocycles. The number of nitrogens with one attached hydrogen (secondary N) is 2. The lowest BCUT2D eigenvalue weighted by atomic mass is 10.1. The van der Waals surface area contributed by atoms with Crippen LogP contribution in [0.5, 0.6) is 11.5 Å². The van der Waals surface area contributed by atoms with Crippen molar-refractivity contribution in [2.75, 3.05) is 33.9 Å². The third-order valence-electron chi connectivity index (χ3n) is 5.33. The number of hydrogen-bond acceptors (Lipinski definition) is 4. The van der Waals surface area contributed by atoms with Gasteiger partial charge in [0.1, 0.15) is 0 Å². The van der Waals surface area contributed by atoms with E-state index in [-0.39, 0.29) is 0 Å². The predicted molar refractivity (Wildman–Crippen MR) is 112 cm³/mol. The number of methoxy groups -OCH3 is 1. The second-order valence-electron chi connectivity index (χ2n) is 7.26. The molecule has 0 bridgehead atoms. The van der Waals surface area contributed by atoms with Crippen LogP contribution in [0.4, 0.5) is 0 Å². The van der Waals surface area contributed by atoms with Crippen LogP contribution in [-0.4, -0.2) is 46.0 Å². The number of benzene rings is 1. The van der Waals surface area contributed by atoms with Crippen LogP contribution in [0.15, 0.2) is 34.8 Å². The molecule has 1 fully saturated rings. The van der Waals surface area contributed by atoms with Crippen LogP contribution in [0.1, 0.15) is 44.1 Å². The van der Waals surface area contributed by atoms with Crippen LogP contribution in [0, 0.1) is 0 Å². The monoisotopic (exact) mass is 387 g/mol. The number of rotatable bonds is 8. The van der Waals surface area contributed by atoms with Crippen molar-refractivity contribution in [1.29, 1.82) is 0 Å². The first-order chi connectivity index (χ1) is 13.8. The quantitative estimate of drug-likeness (QED) is 0.407. The van der Waals surface area contributed by atoms with Crippen LogP contribution in [0.2, 0.25) is 0 Å². The van der Waals surface area contributed by atoms with Gasteiger partial charge in [0.25, 0.3) is 0 Å². The Balaban J connectivity index is 1.55. The fraction of sp³-hybridized carbons (Fsp3) is 0.591. The molecule has 0 spiro atoms. The molecule has 0 unspecified atom stereocenters. The molecular formula is C22H33N3O3. The molecule has 6 heteroatoms. The van der Waals surface area contributed by atoms with E-state index in [1.807, 2.05) is 12.1 Å². The molecule has 154 valence electrons. The third-order valence-corrected chi connectivity index (χ3v) is 5.33. The summed E-state index contributed by atoms with van der Waals surface area (Å²) < 4.78 is 17.2. The molecule has 0 aromatic heterocycles. The van der Waals surface area contributed by atoms with Crippen molar-refractivity contribution in [1.82, 2.24) is 10.6 Å². The van der Waals surface area contributed by atoms with Crippen molar-refractivity contribution < 1.29 is 14.2 Å². The van der Waals surface area contributed by atoms with Gasteiger partial charge < -0.3 is 24.8 Å². The summed E-state index contributed by atoms with van der Waals surface area (Å²) in [4.78, 5) is 4.34. The molecule has 1 saturated carbocycles. The molecule has 2 aliphatic rings. The summed E-state index contributed by atoms with van der Waals surface area (Å²) in [7, 11) is 3.49. The van der Waals surface area contributed by atoms with E-state index >= 15 is 0 Å². The van der Waals surface area contributed by atoms with Crippen molar-refractivity contribution in [3.05, 3.63) is 35.4 Å². The van der Waals surface area contributed by atoms with E-state index in [9.17, 15) is 0 Å². The summed E-state index contributed by atoms with van der Waals surface area (Å²) in [6.07, 6.45) is 9.24. The van der Waals surface area contributed by atoms with Crippen LogP contribution >= 0.6 is 0 Å². The number of hydrogen-bond donors (Lipinski definition) is 2. The molecule has 0 amide bonds. The van der Waals surface area contributed by atoms with Crippen molar-refractivity contribution in [2.45, 2.75) is 51.2 Å². The highest BCUT2D eigenvalue weighted by atomic mass is 16.5. The highest BCUT2D eigenvalue weighted by Crippen LogP contribution is 2.34. The van der Waals surface area contributed by atoms with E-state index in [0.717, 1.165) is 68.5 Å². The van der Waals surface area contributed by atoms with E-state index in [4.69, 9.17) is 14.2 Å². The SMILES string of the molecule is CN=C(NCCC1=CCOCC1)NCc1cccc(OC)c1OC1CCCC1. The first kappa shape index (κ1) is 20.5. The Morgan fingerprint density at radius 2 is 2.11 bits per heavy atom. The van der Waals surface area contributed by atoms with Crippen LogP contribution in [0.3, 0.4) is 0 Å². The van der Waals surface area contributed by atoms with Crippen LogP contribution in [0.25, 0.3) is 0 Å². The number of para-hydroxylation sites is 1. The highest BCUT2D eigenvalue weighted by molar-refractivity contribution is 5.79. The molecule has 6 nitrogen and oxygen atoms in total. The molecule has 0 saturated heterocycles. The van der Waals surface area contributed by atoms with Gasteiger partial charge >= 0.3 is 0 Å². The van der Waals surface area contributed by atoms with Gasteiger partial charge in [-0.1, -0.05) is 23.8 Å². The summed E-state index contributed by atoms with van der Waals surface area (Å²) in [6, 6.07) is 6.05. The molecular weight excluding hydrogens is 354 g/mol. The Morgan fingerprint density at radius 3 is 2.82 bits per heavy atom. The average Bonchev–Trinajstić information content (AvgIpc) is 3.25. The van der Waals surface area contributed by atoms with E-state index in [1.54, 1.807) is 14.2 Å². The molecule has 1 heterocycles. The predicted octanol–water partition coefficient (Wildman–Crippen LogP) is 3.42. The van der Waals surface area contributed by atoms with Crippen molar-refractivity contribution in [3.63, 3.8) is 0 Å². The topological polar surface area (TPSA) is 64.1 Å². The zero-order valence-corrected chi connectivity index (χ0v) is 17.1. The first-order valence-corrected chi connectivity index (χ1v) is 10.3. The Bertz CT molecular complexity index is 682. The van der Waals surface area contributed by atoms with Crippen molar-refractivity contribution >= 4 is 5.96 Å². The Hall–Kier alpha value is -2.21. The maximum Gasteiger partial charge on any atom is 0.191 e. The van der Waals surface area contributed by atoms with Gasteiger partial charge in [0.05, 0.1) is 26.4 Å². The number of ether oxygens (including phenoxy) is 3. The lowest BCUT2D eigenvalue weighted by Gasteiger charge is -2.20. The molecule has 0 atom stereocenters. The summed E-state index contributed by atoms with van der Waals surface area (Å²) in [5.41, 5.74) is 2.54. The Kier molecular flexibility index (Phi) is 8.03. The van der Waals surface area contributed by atoms with Crippen LogP contribution in [-0.2, 0) is 11.3 Å². The van der Waals surface area contributed by atoms with Gasteiger partial charge in [-0.25, -0.2) is 0 Å². The Labute approximate surface area is 168 Å². The maximum absolute atomic E-state index is 6.31. The molecule has 1 aliphatic heterocycles. The zero-order valence-electron chi connectivity index (χ0n) is 17.1. The number of aliphatic imine (C=N–C) groups is 1. The van der Waals surface area contributed by atoms with Gasteiger partial charge in [-0.05, 0) is 44.6 Å². The molecule has 1 aliphatic carbocycles. The fourth-order valence-electron chi connectivity index (χ4n) is 3.70. The number of nitrogens with zero attached hydrogens (tertiary/aromatic N) is 1. The summed E-state index contributed by atoms with van der Waals surface area (Å²) in [6.45, 7) is 3.06. The fourth-order valence-corrected chi connectivity index (χ4v) is 3.70.